The lowest BCUT2D eigenvalue weighted by molar-refractivity contribution is -0.137. The molecule has 0 radical (unpaired) electrons. The lowest BCUT2D eigenvalue weighted by atomic mass is 9.91. The van der Waals surface area contributed by atoms with Crippen LogP contribution in [-0.4, -0.2) is 6.18 Å². The van der Waals surface area contributed by atoms with Crippen LogP contribution in [0.5, 0.6) is 0 Å². The van der Waals surface area contributed by atoms with Crippen LogP contribution in [0.2, 0.25) is 0 Å². The molecule has 0 aliphatic heterocycles. The van der Waals surface area contributed by atoms with Gasteiger partial charge in [0.25, 0.3) is 0 Å². The number of hydrogen-bond acceptors (Lipinski definition) is 0. The van der Waals surface area contributed by atoms with Crippen molar-refractivity contribution in [3.63, 3.8) is 0 Å². The van der Waals surface area contributed by atoms with E-state index in [4.69, 9.17) is 0 Å². The predicted molar refractivity (Wildman–Crippen MR) is 43.8 cm³/mol. The molecule has 0 aliphatic carbocycles. The average molecular weight is 180 g/mol. The Morgan fingerprint density at radius 2 is 1.83 bits per heavy atom. The molecule has 0 spiro atoms. The van der Waals surface area contributed by atoms with Crippen LogP contribution in [0, 0.1) is 11.8 Å². The molecule has 0 aromatic heterocycles. The second-order valence-corrected chi connectivity index (χ2v) is 3.30. The van der Waals surface area contributed by atoms with E-state index in [1.165, 1.54) is 0 Å². The summed E-state index contributed by atoms with van der Waals surface area (Å²) in [6.45, 7) is 7.33. The SMILES string of the molecule is C=C[C@@H](CCC(F)(F)F)C(C)C. The molecule has 0 fully saturated rings. The van der Waals surface area contributed by atoms with Crippen LogP contribution in [0.25, 0.3) is 0 Å². The quantitative estimate of drug-likeness (QED) is 0.577. The number of alkyl halides is 3. The monoisotopic (exact) mass is 180 g/mol. The van der Waals surface area contributed by atoms with E-state index in [0.29, 0.717) is 0 Å². The van der Waals surface area contributed by atoms with Gasteiger partial charge in [0.05, 0.1) is 0 Å². The van der Waals surface area contributed by atoms with Gasteiger partial charge in [0.1, 0.15) is 0 Å². The van der Waals surface area contributed by atoms with Crippen molar-refractivity contribution in [1.82, 2.24) is 0 Å². The Morgan fingerprint density at radius 3 is 2.08 bits per heavy atom. The Morgan fingerprint density at radius 1 is 1.33 bits per heavy atom. The van der Waals surface area contributed by atoms with Gasteiger partial charge in [0, 0.05) is 6.42 Å². The molecular formula is C9H15F3. The minimum atomic E-state index is -4.03. The van der Waals surface area contributed by atoms with E-state index in [-0.39, 0.29) is 18.3 Å². The van der Waals surface area contributed by atoms with Crippen molar-refractivity contribution in [2.75, 3.05) is 0 Å². The van der Waals surface area contributed by atoms with Crippen molar-refractivity contribution >= 4 is 0 Å². The molecule has 0 heterocycles. The summed E-state index contributed by atoms with van der Waals surface area (Å²) in [6, 6.07) is 0. The predicted octanol–water partition coefficient (Wildman–Crippen LogP) is 3.79. The maximum Gasteiger partial charge on any atom is 0.389 e. The Bertz CT molecular complexity index is 135. The molecule has 0 saturated heterocycles. The molecule has 0 aliphatic rings. The highest BCUT2D eigenvalue weighted by Gasteiger charge is 2.28. The number of halogens is 3. The van der Waals surface area contributed by atoms with Gasteiger partial charge < -0.3 is 0 Å². The van der Waals surface area contributed by atoms with Crippen LogP contribution in [0.15, 0.2) is 12.7 Å². The van der Waals surface area contributed by atoms with Gasteiger partial charge in [-0.15, -0.1) is 6.58 Å². The second kappa shape index (κ2) is 4.53. The third-order valence-corrected chi connectivity index (χ3v) is 1.92. The molecule has 3 heteroatoms. The minimum absolute atomic E-state index is 0.0216. The van der Waals surface area contributed by atoms with E-state index in [1.54, 1.807) is 6.08 Å². The minimum Gasteiger partial charge on any atom is -0.171 e. The fourth-order valence-corrected chi connectivity index (χ4v) is 1.05. The molecule has 0 saturated carbocycles. The topological polar surface area (TPSA) is 0 Å². The summed E-state index contributed by atoms with van der Waals surface area (Å²) in [7, 11) is 0. The summed E-state index contributed by atoms with van der Waals surface area (Å²) in [6.07, 6.45) is -2.97. The van der Waals surface area contributed by atoms with Crippen LogP contribution in [0.1, 0.15) is 26.7 Å². The van der Waals surface area contributed by atoms with E-state index in [2.05, 4.69) is 6.58 Å². The van der Waals surface area contributed by atoms with Crippen molar-refractivity contribution in [3.05, 3.63) is 12.7 Å². The van der Waals surface area contributed by atoms with Gasteiger partial charge in [0.2, 0.25) is 0 Å². The van der Waals surface area contributed by atoms with Gasteiger partial charge in [-0.2, -0.15) is 13.2 Å². The fourth-order valence-electron chi connectivity index (χ4n) is 1.05. The van der Waals surface area contributed by atoms with Gasteiger partial charge >= 0.3 is 6.18 Å². The molecule has 0 bridgehead atoms. The summed E-state index contributed by atoms with van der Waals surface area (Å²) in [4.78, 5) is 0. The standard InChI is InChI=1S/C9H15F3/c1-4-8(7(2)3)5-6-9(10,11)12/h4,7-8H,1,5-6H2,2-3H3/t8-/m0/s1. The maximum atomic E-state index is 11.8. The first-order valence-electron chi connectivity index (χ1n) is 4.06. The largest absolute Gasteiger partial charge is 0.389 e. The van der Waals surface area contributed by atoms with Crippen molar-refractivity contribution < 1.29 is 13.2 Å². The van der Waals surface area contributed by atoms with Gasteiger partial charge in [0.15, 0.2) is 0 Å². The molecular weight excluding hydrogens is 165 g/mol. The molecule has 0 N–H and O–H groups in total. The van der Waals surface area contributed by atoms with Crippen molar-refractivity contribution in [2.45, 2.75) is 32.9 Å². The first-order chi connectivity index (χ1) is 5.37. The van der Waals surface area contributed by atoms with Gasteiger partial charge in [-0.25, -0.2) is 0 Å². The molecule has 0 nitrogen and oxygen atoms in total. The lowest BCUT2D eigenvalue weighted by Gasteiger charge is -2.17. The van der Waals surface area contributed by atoms with E-state index in [0.717, 1.165) is 0 Å². The van der Waals surface area contributed by atoms with Crippen LogP contribution in [0.3, 0.4) is 0 Å². The molecule has 0 aromatic rings. The lowest BCUT2D eigenvalue weighted by Crippen LogP contribution is -2.13. The zero-order chi connectivity index (χ0) is 9.78. The van der Waals surface area contributed by atoms with Gasteiger partial charge in [-0.3, -0.25) is 0 Å². The Kier molecular flexibility index (Phi) is 4.35. The highest BCUT2D eigenvalue weighted by atomic mass is 19.4. The first kappa shape index (κ1) is 11.5. The Labute approximate surface area is 71.5 Å². The van der Waals surface area contributed by atoms with E-state index in [9.17, 15) is 13.2 Å². The summed E-state index contributed by atoms with van der Waals surface area (Å²) >= 11 is 0. The molecule has 0 unspecified atom stereocenters. The highest BCUT2D eigenvalue weighted by Crippen LogP contribution is 2.27. The molecule has 1 atom stereocenters. The van der Waals surface area contributed by atoms with E-state index in [1.807, 2.05) is 13.8 Å². The molecule has 72 valence electrons. The number of allylic oxidation sites excluding steroid dienone is 1. The number of hydrogen-bond donors (Lipinski definition) is 0. The Balaban J connectivity index is 3.81. The van der Waals surface area contributed by atoms with E-state index < -0.39 is 12.6 Å². The average Bonchev–Trinajstić information content (AvgIpc) is 1.85. The van der Waals surface area contributed by atoms with Crippen molar-refractivity contribution in [1.29, 1.82) is 0 Å². The third kappa shape index (κ3) is 5.22. The molecule has 0 rings (SSSR count). The smallest absolute Gasteiger partial charge is 0.171 e. The second-order valence-electron chi connectivity index (χ2n) is 3.30. The summed E-state index contributed by atoms with van der Waals surface area (Å²) in [5.41, 5.74) is 0. The normalized spacial score (nSPS) is 14.8. The fraction of sp³-hybridized carbons (Fsp3) is 0.778. The zero-order valence-corrected chi connectivity index (χ0v) is 7.49. The van der Waals surface area contributed by atoms with Crippen molar-refractivity contribution in [2.24, 2.45) is 11.8 Å². The summed E-state index contributed by atoms with van der Waals surface area (Å²) in [5.74, 6) is 0.219. The van der Waals surface area contributed by atoms with E-state index >= 15 is 0 Å². The molecule has 12 heavy (non-hydrogen) atoms. The highest BCUT2D eigenvalue weighted by molar-refractivity contribution is 4.81. The summed E-state index contributed by atoms with van der Waals surface area (Å²) < 4.78 is 35.3. The van der Waals surface area contributed by atoms with Crippen LogP contribution in [0.4, 0.5) is 13.2 Å². The Hall–Kier alpha value is -0.470. The van der Waals surface area contributed by atoms with Crippen molar-refractivity contribution in [3.8, 4) is 0 Å². The number of rotatable bonds is 4. The van der Waals surface area contributed by atoms with Crippen LogP contribution in [-0.2, 0) is 0 Å². The third-order valence-electron chi connectivity index (χ3n) is 1.92. The zero-order valence-electron chi connectivity index (χ0n) is 7.49. The van der Waals surface area contributed by atoms with Crippen LogP contribution >= 0.6 is 0 Å². The first-order valence-corrected chi connectivity index (χ1v) is 4.06. The molecule has 0 aromatic carbocycles. The van der Waals surface area contributed by atoms with Crippen LogP contribution < -0.4 is 0 Å². The molecule has 0 amide bonds. The summed E-state index contributed by atoms with van der Waals surface area (Å²) in [5, 5.41) is 0. The van der Waals surface area contributed by atoms with Gasteiger partial charge in [-0.05, 0) is 18.3 Å². The maximum absolute atomic E-state index is 11.8. The van der Waals surface area contributed by atoms with Gasteiger partial charge in [-0.1, -0.05) is 19.9 Å².